The molecule has 1 unspecified atom stereocenters. The Kier molecular flexibility index (Phi) is 4.07. The molecule has 17 heavy (non-hydrogen) atoms. The second-order valence-corrected chi connectivity index (χ2v) is 5.62. The van der Waals surface area contributed by atoms with Gasteiger partial charge in [-0.15, -0.1) is 0 Å². The van der Waals surface area contributed by atoms with Crippen molar-refractivity contribution in [2.75, 3.05) is 13.1 Å². The first kappa shape index (κ1) is 12.9. The lowest BCUT2D eigenvalue weighted by atomic mass is 10.1. The van der Waals surface area contributed by atoms with E-state index in [-0.39, 0.29) is 5.92 Å². The number of aliphatic carboxylic acids is 1. The highest BCUT2D eigenvalue weighted by molar-refractivity contribution is 9.10. The van der Waals surface area contributed by atoms with Crippen LogP contribution in [0.5, 0.6) is 0 Å². The van der Waals surface area contributed by atoms with Crippen LogP contribution in [0.2, 0.25) is 5.02 Å². The van der Waals surface area contributed by atoms with Crippen molar-refractivity contribution in [3.63, 3.8) is 0 Å². The van der Waals surface area contributed by atoms with Crippen molar-refractivity contribution >= 4 is 33.5 Å². The van der Waals surface area contributed by atoms with Gasteiger partial charge in [-0.2, -0.15) is 0 Å². The van der Waals surface area contributed by atoms with Crippen LogP contribution < -0.4 is 0 Å². The van der Waals surface area contributed by atoms with E-state index in [0.717, 1.165) is 28.0 Å². The third-order valence-corrected chi connectivity index (χ3v) is 3.89. The average Bonchev–Trinajstić information content (AvgIpc) is 2.72. The first-order valence-corrected chi connectivity index (χ1v) is 6.62. The van der Waals surface area contributed by atoms with Crippen molar-refractivity contribution in [2.24, 2.45) is 5.92 Å². The Balaban J connectivity index is 2.02. The summed E-state index contributed by atoms with van der Waals surface area (Å²) in [5.74, 6) is -0.936. The molecule has 1 aromatic carbocycles. The Morgan fingerprint density at radius 2 is 2.35 bits per heavy atom. The van der Waals surface area contributed by atoms with Gasteiger partial charge >= 0.3 is 5.97 Å². The lowest BCUT2D eigenvalue weighted by Crippen LogP contribution is -2.22. The highest BCUT2D eigenvalue weighted by Gasteiger charge is 2.28. The highest BCUT2D eigenvalue weighted by Crippen LogP contribution is 2.25. The Morgan fingerprint density at radius 1 is 1.59 bits per heavy atom. The molecule has 1 aliphatic rings. The molecule has 0 saturated carbocycles. The zero-order valence-corrected chi connectivity index (χ0v) is 11.5. The number of nitrogens with zero attached hydrogens (tertiary/aromatic N) is 1. The maximum absolute atomic E-state index is 10.9. The Morgan fingerprint density at radius 3 is 3.00 bits per heavy atom. The van der Waals surface area contributed by atoms with Gasteiger partial charge in [0.1, 0.15) is 0 Å². The number of likely N-dealkylation sites (tertiary alicyclic amines) is 1. The minimum atomic E-state index is -0.701. The van der Waals surface area contributed by atoms with Crippen LogP contribution in [0.4, 0.5) is 0 Å². The SMILES string of the molecule is O=C(O)C1CCN(Cc2cc(Br)ccc2Cl)C1. The van der Waals surface area contributed by atoms with Gasteiger partial charge < -0.3 is 5.11 Å². The molecule has 2 rings (SSSR count). The number of hydrogen-bond donors (Lipinski definition) is 1. The molecule has 1 aliphatic heterocycles. The Labute approximate surface area is 114 Å². The van der Waals surface area contributed by atoms with Crippen LogP contribution in [0, 0.1) is 5.92 Å². The fraction of sp³-hybridized carbons (Fsp3) is 0.417. The molecule has 3 nitrogen and oxygen atoms in total. The standard InChI is InChI=1S/C12H13BrClNO2/c13-10-1-2-11(14)9(5-10)7-15-4-3-8(6-15)12(16)17/h1-2,5,8H,3-4,6-7H2,(H,16,17). The lowest BCUT2D eigenvalue weighted by Gasteiger charge is -2.16. The highest BCUT2D eigenvalue weighted by atomic mass is 79.9. The molecule has 1 N–H and O–H groups in total. The molecule has 0 aromatic heterocycles. The van der Waals surface area contributed by atoms with Crippen LogP contribution in [-0.4, -0.2) is 29.1 Å². The van der Waals surface area contributed by atoms with E-state index in [1.165, 1.54) is 0 Å². The summed E-state index contributed by atoms with van der Waals surface area (Å²) >= 11 is 9.52. The predicted octanol–water partition coefficient (Wildman–Crippen LogP) is 3.01. The fourth-order valence-corrected chi connectivity index (χ4v) is 2.67. The van der Waals surface area contributed by atoms with Crippen molar-refractivity contribution in [1.82, 2.24) is 4.90 Å². The van der Waals surface area contributed by atoms with Gasteiger partial charge in [0.05, 0.1) is 5.92 Å². The molecule has 0 radical (unpaired) electrons. The van der Waals surface area contributed by atoms with E-state index in [1.807, 2.05) is 18.2 Å². The van der Waals surface area contributed by atoms with E-state index >= 15 is 0 Å². The molecule has 1 saturated heterocycles. The summed E-state index contributed by atoms with van der Waals surface area (Å²) < 4.78 is 0.992. The number of rotatable bonds is 3. The normalized spacial score (nSPS) is 20.7. The van der Waals surface area contributed by atoms with Gasteiger partial charge in [0.15, 0.2) is 0 Å². The van der Waals surface area contributed by atoms with E-state index in [0.29, 0.717) is 13.1 Å². The Hall–Kier alpha value is -0.580. The predicted molar refractivity (Wildman–Crippen MR) is 70.2 cm³/mol. The molecule has 5 heteroatoms. The van der Waals surface area contributed by atoms with Crippen molar-refractivity contribution in [3.8, 4) is 0 Å². The van der Waals surface area contributed by atoms with Gasteiger partial charge in [-0.3, -0.25) is 9.69 Å². The molecule has 0 spiro atoms. The third kappa shape index (κ3) is 3.21. The second kappa shape index (κ2) is 5.38. The van der Waals surface area contributed by atoms with Crippen molar-refractivity contribution in [3.05, 3.63) is 33.3 Å². The summed E-state index contributed by atoms with van der Waals surface area (Å²) in [5.41, 5.74) is 1.03. The van der Waals surface area contributed by atoms with Gasteiger partial charge in [-0.25, -0.2) is 0 Å². The molecule has 1 heterocycles. The zero-order chi connectivity index (χ0) is 12.4. The molecule has 1 fully saturated rings. The number of benzene rings is 1. The zero-order valence-electron chi connectivity index (χ0n) is 9.20. The summed E-state index contributed by atoms with van der Waals surface area (Å²) in [6.07, 6.45) is 0.723. The Bertz CT molecular complexity index is 439. The number of halogens is 2. The first-order valence-electron chi connectivity index (χ1n) is 5.45. The molecule has 1 atom stereocenters. The largest absolute Gasteiger partial charge is 0.481 e. The van der Waals surface area contributed by atoms with E-state index in [1.54, 1.807) is 0 Å². The summed E-state index contributed by atoms with van der Waals surface area (Å²) in [6.45, 7) is 2.14. The summed E-state index contributed by atoms with van der Waals surface area (Å²) in [4.78, 5) is 13.0. The molecule has 0 aliphatic carbocycles. The van der Waals surface area contributed by atoms with E-state index in [9.17, 15) is 4.79 Å². The van der Waals surface area contributed by atoms with Crippen molar-refractivity contribution < 1.29 is 9.90 Å². The number of carbonyl (C=O) groups is 1. The summed E-state index contributed by atoms with van der Waals surface area (Å²) in [5, 5.41) is 9.66. The maximum atomic E-state index is 10.9. The van der Waals surface area contributed by atoms with Gasteiger partial charge in [0, 0.05) is 22.6 Å². The van der Waals surface area contributed by atoms with E-state index < -0.39 is 5.97 Å². The topological polar surface area (TPSA) is 40.5 Å². The van der Waals surface area contributed by atoms with Gasteiger partial charge in [0.25, 0.3) is 0 Å². The smallest absolute Gasteiger partial charge is 0.307 e. The maximum Gasteiger partial charge on any atom is 0.307 e. The number of carboxylic acids is 1. The second-order valence-electron chi connectivity index (χ2n) is 4.29. The van der Waals surface area contributed by atoms with Crippen LogP contribution >= 0.6 is 27.5 Å². The van der Waals surface area contributed by atoms with Crippen LogP contribution in [0.25, 0.3) is 0 Å². The minimum absolute atomic E-state index is 0.235. The monoisotopic (exact) mass is 317 g/mol. The number of carboxylic acid groups (broad SMARTS) is 1. The van der Waals surface area contributed by atoms with Gasteiger partial charge in [-0.1, -0.05) is 27.5 Å². The summed E-state index contributed by atoms with van der Waals surface area (Å²) in [7, 11) is 0. The van der Waals surface area contributed by atoms with Crippen LogP contribution in [0.15, 0.2) is 22.7 Å². The van der Waals surface area contributed by atoms with Gasteiger partial charge in [-0.05, 0) is 36.7 Å². The van der Waals surface area contributed by atoms with Crippen LogP contribution in [-0.2, 0) is 11.3 Å². The molecule has 0 amide bonds. The minimum Gasteiger partial charge on any atom is -0.481 e. The first-order chi connectivity index (χ1) is 8.06. The molecule has 1 aromatic rings. The van der Waals surface area contributed by atoms with Crippen molar-refractivity contribution in [2.45, 2.75) is 13.0 Å². The molecule has 92 valence electrons. The quantitative estimate of drug-likeness (QED) is 0.931. The summed E-state index contributed by atoms with van der Waals surface area (Å²) in [6, 6.07) is 5.73. The number of hydrogen-bond acceptors (Lipinski definition) is 2. The van der Waals surface area contributed by atoms with Crippen molar-refractivity contribution in [1.29, 1.82) is 0 Å². The molecular formula is C12H13BrClNO2. The molecule has 0 bridgehead atoms. The van der Waals surface area contributed by atoms with E-state index in [2.05, 4.69) is 20.8 Å². The fourth-order valence-electron chi connectivity index (χ4n) is 2.08. The van der Waals surface area contributed by atoms with Gasteiger partial charge in [0.2, 0.25) is 0 Å². The lowest BCUT2D eigenvalue weighted by molar-refractivity contribution is -0.141. The van der Waals surface area contributed by atoms with Crippen LogP contribution in [0.1, 0.15) is 12.0 Å². The molecular weight excluding hydrogens is 305 g/mol. The average molecular weight is 319 g/mol. The third-order valence-electron chi connectivity index (χ3n) is 3.02. The van der Waals surface area contributed by atoms with Crippen LogP contribution in [0.3, 0.4) is 0 Å². The van der Waals surface area contributed by atoms with E-state index in [4.69, 9.17) is 16.7 Å².